The monoisotopic (exact) mass is 118 g/mol. The summed E-state index contributed by atoms with van der Waals surface area (Å²) in [5.74, 6) is 0. The lowest BCUT2D eigenvalue weighted by molar-refractivity contribution is 0.524. The molecule has 0 radical (unpaired) electrons. The number of hydrogen-bond acceptors (Lipinski definition) is 1. The summed E-state index contributed by atoms with van der Waals surface area (Å²) in [7, 11) is -0.833. The molecular formula is H7O5P. The van der Waals surface area contributed by atoms with Gasteiger partial charge in [0.15, 0.2) is 0 Å². The first-order valence-electron chi connectivity index (χ1n) is 0.383. The predicted molar refractivity (Wildman–Crippen MR) is 20.7 cm³/mol. The maximum absolute atomic E-state index is 8.46. The fourth-order valence-electron chi connectivity index (χ4n) is 0. The van der Waals surface area contributed by atoms with E-state index in [0.717, 1.165) is 0 Å². The van der Waals surface area contributed by atoms with Crippen molar-refractivity contribution in [3.05, 3.63) is 0 Å². The Morgan fingerprint density at radius 3 is 1.17 bits per heavy atom. The molecule has 0 aromatic carbocycles. The summed E-state index contributed by atoms with van der Waals surface area (Å²) in [5, 5.41) is 0. The third-order valence-electron chi connectivity index (χ3n) is 0. The second-order valence-electron chi connectivity index (χ2n) is 0.0816. The number of rotatable bonds is 0. The van der Waals surface area contributed by atoms with Crippen LogP contribution in [-0.4, -0.2) is 21.3 Å². The Labute approximate surface area is 35.8 Å². The molecule has 5 nitrogen and oxygen atoms in total. The summed E-state index contributed by atoms with van der Waals surface area (Å²) >= 11 is 0. The van der Waals surface area contributed by atoms with E-state index in [0.29, 0.717) is 0 Å². The highest BCUT2D eigenvalue weighted by atomic mass is 31.1. The van der Waals surface area contributed by atoms with E-state index in [9.17, 15) is 0 Å². The SMILES string of the molecule is O.O.O.O=PO. The summed E-state index contributed by atoms with van der Waals surface area (Å²) < 4.78 is 8.46. The van der Waals surface area contributed by atoms with Gasteiger partial charge in [-0.2, -0.15) is 0 Å². The molecule has 0 aliphatic heterocycles. The van der Waals surface area contributed by atoms with Crippen molar-refractivity contribution < 1.29 is 25.9 Å². The molecule has 6 heteroatoms. The maximum atomic E-state index is 8.46. The first-order chi connectivity index (χ1) is 1.41. The normalized spacial score (nSPS) is 3.50. The molecule has 0 saturated carbocycles. The average molecular weight is 118 g/mol. The molecule has 0 fully saturated rings. The van der Waals surface area contributed by atoms with Crippen LogP contribution in [0.1, 0.15) is 0 Å². The highest BCUT2D eigenvalue weighted by Crippen LogP contribution is 1.66. The van der Waals surface area contributed by atoms with Gasteiger partial charge in [-0.3, -0.25) is 0 Å². The molecular weight excluding hydrogens is 111 g/mol. The predicted octanol–water partition coefficient (Wildman–Crippen LogP) is -2.29. The molecule has 6 heavy (non-hydrogen) atoms. The van der Waals surface area contributed by atoms with Crippen LogP contribution >= 0.6 is 8.69 Å². The van der Waals surface area contributed by atoms with Crippen LogP contribution in [0.25, 0.3) is 0 Å². The molecule has 0 aromatic heterocycles. The van der Waals surface area contributed by atoms with Crippen molar-refractivity contribution >= 4 is 8.69 Å². The lowest BCUT2D eigenvalue weighted by Gasteiger charge is -1.24. The largest absolute Gasteiger partial charge is 0.412 e. The topological polar surface area (TPSA) is 132 Å². The summed E-state index contributed by atoms with van der Waals surface area (Å²) in [6, 6.07) is 0. The second-order valence-corrected chi connectivity index (χ2v) is 0.245. The smallest absolute Gasteiger partial charge is 0.324 e. The molecule has 0 atom stereocenters. The van der Waals surface area contributed by atoms with E-state index in [1.165, 1.54) is 0 Å². The Balaban J connectivity index is -0.00000000667. The fraction of sp³-hybridized carbons (Fsp3) is 0. The van der Waals surface area contributed by atoms with Crippen LogP contribution in [-0.2, 0) is 4.57 Å². The maximum Gasteiger partial charge on any atom is 0.324 e. The van der Waals surface area contributed by atoms with E-state index in [1.807, 2.05) is 0 Å². The van der Waals surface area contributed by atoms with E-state index in [2.05, 4.69) is 0 Å². The van der Waals surface area contributed by atoms with Crippen molar-refractivity contribution in [3.63, 3.8) is 0 Å². The van der Waals surface area contributed by atoms with Crippen molar-refractivity contribution in [2.45, 2.75) is 0 Å². The van der Waals surface area contributed by atoms with E-state index in [-0.39, 0.29) is 16.4 Å². The van der Waals surface area contributed by atoms with Gasteiger partial charge in [0.2, 0.25) is 0 Å². The van der Waals surface area contributed by atoms with Crippen LogP contribution in [0.2, 0.25) is 0 Å². The third kappa shape index (κ3) is 9460. The van der Waals surface area contributed by atoms with E-state index in [1.54, 1.807) is 0 Å². The van der Waals surface area contributed by atoms with Gasteiger partial charge in [0.25, 0.3) is 0 Å². The van der Waals surface area contributed by atoms with Crippen LogP contribution in [0.4, 0.5) is 0 Å². The fourth-order valence-corrected chi connectivity index (χ4v) is 0. The lowest BCUT2D eigenvalue weighted by Crippen LogP contribution is -1.03. The Hall–Kier alpha value is -0.0600. The summed E-state index contributed by atoms with van der Waals surface area (Å²) in [6.07, 6.45) is 0. The van der Waals surface area contributed by atoms with Gasteiger partial charge in [-0.25, -0.2) is 4.57 Å². The molecule has 0 heterocycles. The molecule has 0 aliphatic carbocycles. The standard InChI is InChI=1S/HO2P.3H2O/c1-3-2;;;/h(H,1,2);3*1H2. The summed E-state index contributed by atoms with van der Waals surface area (Å²) in [6.45, 7) is 0. The zero-order valence-electron chi connectivity index (χ0n) is 2.80. The summed E-state index contributed by atoms with van der Waals surface area (Å²) in [5.41, 5.74) is 0. The van der Waals surface area contributed by atoms with Crippen LogP contribution in [0.5, 0.6) is 0 Å². The zero-order valence-corrected chi connectivity index (χ0v) is 3.70. The van der Waals surface area contributed by atoms with Gasteiger partial charge in [0, 0.05) is 0 Å². The van der Waals surface area contributed by atoms with Gasteiger partial charge in [-0.1, -0.05) is 0 Å². The molecule has 0 aromatic rings. The highest BCUT2D eigenvalue weighted by Gasteiger charge is 1.28. The Bertz CT molecular complexity index is 11.4. The van der Waals surface area contributed by atoms with E-state index in [4.69, 9.17) is 9.46 Å². The lowest BCUT2D eigenvalue weighted by atomic mass is 15.9. The Kier molecular flexibility index (Phi) is 557. The van der Waals surface area contributed by atoms with E-state index < -0.39 is 8.69 Å². The van der Waals surface area contributed by atoms with Gasteiger partial charge in [-0.15, -0.1) is 0 Å². The van der Waals surface area contributed by atoms with Gasteiger partial charge in [0.1, 0.15) is 0 Å². The first kappa shape index (κ1) is 38.5. The Morgan fingerprint density at radius 2 is 1.17 bits per heavy atom. The van der Waals surface area contributed by atoms with Crippen LogP contribution in [0.15, 0.2) is 0 Å². The highest BCUT2D eigenvalue weighted by molar-refractivity contribution is 7.16. The molecule has 0 rings (SSSR count). The molecule has 0 amide bonds. The van der Waals surface area contributed by atoms with Crippen molar-refractivity contribution in [1.29, 1.82) is 0 Å². The third-order valence-corrected chi connectivity index (χ3v) is 0. The van der Waals surface area contributed by atoms with Crippen LogP contribution in [0.3, 0.4) is 0 Å². The van der Waals surface area contributed by atoms with Crippen molar-refractivity contribution in [3.8, 4) is 0 Å². The number of hydrogen-bond donors (Lipinski definition) is 1. The molecule has 0 bridgehead atoms. The minimum atomic E-state index is -0.833. The zero-order chi connectivity index (χ0) is 2.71. The molecule has 7 N–H and O–H groups in total. The second kappa shape index (κ2) is 86.8. The summed E-state index contributed by atoms with van der Waals surface area (Å²) in [4.78, 5) is 6.99. The van der Waals surface area contributed by atoms with Crippen molar-refractivity contribution in [1.82, 2.24) is 0 Å². The van der Waals surface area contributed by atoms with Crippen molar-refractivity contribution in [2.75, 3.05) is 0 Å². The Morgan fingerprint density at radius 1 is 1.17 bits per heavy atom. The molecule has 0 saturated heterocycles. The first-order valence-corrected chi connectivity index (χ1v) is 1.15. The molecule has 42 valence electrons. The van der Waals surface area contributed by atoms with Gasteiger partial charge < -0.3 is 21.3 Å². The van der Waals surface area contributed by atoms with Gasteiger partial charge >= 0.3 is 8.69 Å². The molecule has 0 spiro atoms. The van der Waals surface area contributed by atoms with Gasteiger partial charge in [0.05, 0.1) is 0 Å². The quantitative estimate of drug-likeness (QED) is 0.358. The average Bonchev–Trinajstić information content (AvgIpc) is 0.918. The minimum Gasteiger partial charge on any atom is -0.412 e. The molecule has 0 aliphatic rings. The van der Waals surface area contributed by atoms with Gasteiger partial charge in [-0.05, 0) is 0 Å². The van der Waals surface area contributed by atoms with Crippen LogP contribution in [0, 0.1) is 0 Å². The minimum absolute atomic E-state index is 0. The van der Waals surface area contributed by atoms with E-state index >= 15 is 0 Å². The van der Waals surface area contributed by atoms with Crippen molar-refractivity contribution in [2.24, 2.45) is 0 Å². The van der Waals surface area contributed by atoms with Crippen LogP contribution < -0.4 is 0 Å². The molecule has 0 unspecified atom stereocenters.